The Hall–Kier alpha value is -0.496. The Balaban J connectivity index is 0.00000160. The topological polar surface area (TPSA) is 0 Å². The average Bonchev–Trinajstić information content (AvgIpc) is 3.01. The van der Waals surface area contributed by atoms with Crippen molar-refractivity contribution in [2.75, 3.05) is 0 Å². The molecule has 3 atom stereocenters. The van der Waals surface area contributed by atoms with Crippen LogP contribution in [0.4, 0.5) is 0 Å². The first-order valence-corrected chi connectivity index (χ1v) is 11.7. The van der Waals surface area contributed by atoms with Gasteiger partial charge in [0.2, 0.25) is 0 Å². The molecule has 2 aromatic carbocycles. The van der Waals surface area contributed by atoms with E-state index in [0.29, 0.717) is 11.8 Å². The fourth-order valence-corrected chi connectivity index (χ4v) is 7.18. The second-order valence-electron chi connectivity index (χ2n) is 8.67. The Morgan fingerprint density at radius 1 is 0.935 bits per heavy atom. The Labute approximate surface area is 219 Å². The molecule has 0 heterocycles. The Morgan fingerprint density at radius 2 is 1.48 bits per heavy atom. The summed E-state index contributed by atoms with van der Waals surface area (Å²) in [5.74, 6) is 1.36. The first-order chi connectivity index (χ1) is 13.6. The average molecular weight is 510 g/mol. The third-order valence-corrected chi connectivity index (χ3v) is 9.10. The number of fused-ring (bicyclic) bond motifs is 1. The van der Waals surface area contributed by atoms with Crippen LogP contribution in [-0.4, -0.2) is 0 Å². The number of rotatable bonds is 6. The van der Waals surface area contributed by atoms with Gasteiger partial charge in [-0.15, -0.1) is 0 Å². The van der Waals surface area contributed by atoms with E-state index < -0.39 is 0 Å². The largest absolute Gasteiger partial charge is 1.00 e. The molecule has 3 unspecified atom stereocenters. The fourth-order valence-electron chi connectivity index (χ4n) is 5.90. The molecular formula is C27H31Cl3Ti. The van der Waals surface area contributed by atoms with Gasteiger partial charge in [-0.2, -0.15) is 0 Å². The minimum atomic E-state index is 0. The maximum absolute atomic E-state index is 2.58. The van der Waals surface area contributed by atoms with Crippen LogP contribution in [-0.2, 0) is 25.9 Å². The molecule has 0 saturated heterocycles. The number of hydrogen-bond donors (Lipinski definition) is 0. The quantitative estimate of drug-likeness (QED) is 0.413. The van der Waals surface area contributed by atoms with Crippen LogP contribution in [0.3, 0.4) is 0 Å². The zero-order chi connectivity index (χ0) is 19.6. The molecule has 2 aliphatic carbocycles. The second kappa shape index (κ2) is 12.1. The van der Waals surface area contributed by atoms with Crippen LogP contribution < -0.4 is 37.2 Å². The molecule has 1 fully saturated rings. The number of hydrogen-bond acceptors (Lipinski definition) is 0. The predicted molar refractivity (Wildman–Crippen MR) is 115 cm³/mol. The summed E-state index contributed by atoms with van der Waals surface area (Å²) in [6.07, 6.45) is 13.3. The van der Waals surface area contributed by atoms with Gasteiger partial charge in [-0.25, -0.2) is 0 Å². The van der Waals surface area contributed by atoms with Crippen LogP contribution in [0, 0.1) is 11.8 Å². The molecule has 0 nitrogen and oxygen atoms in total. The van der Waals surface area contributed by atoms with Crippen molar-refractivity contribution >= 4 is 0 Å². The van der Waals surface area contributed by atoms with E-state index in [1.54, 1.807) is 5.57 Å². The zero-order valence-corrected chi connectivity index (χ0v) is 22.2. The summed E-state index contributed by atoms with van der Waals surface area (Å²) in [5.41, 5.74) is 4.67. The first kappa shape index (κ1) is 28.5. The molecule has 0 aliphatic heterocycles. The monoisotopic (exact) mass is 508 g/mol. The number of benzene rings is 2. The molecule has 2 aromatic rings. The molecular weight excluding hydrogens is 479 g/mol. The maximum atomic E-state index is 2.58. The van der Waals surface area contributed by atoms with Crippen LogP contribution in [0.2, 0.25) is 3.72 Å². The van der Waals surface area contributed by atoms with Gasteiger partial charge < -0.3 is 37.2 Å². The van der Waals surface area contributed by atoms with Crippen molar-refractivity contribution in [1.82, 2.24) is 0 Å². The minimum Gasteiger partial charge on any atom is -1.00 e. The minimum absolute atomic E-state index is 0. The Kier molecular flexibility index (Phi) is 11.1. The van der Waals surface area contributed by atoms with Crippen LogP contribution >= 0.6 is 0 Å². The van der Waals surface area contributed by atoms with E-state index in [4.69, 9.17) is 0 Å². The van der Waals surface area contributed by atoms with Crippen molar-refractivity contribution < 1.29 is 57.7 Å². The third-order valence-electron chi connectivity index (χ3n) is 7.22. The van der Waals surface area contributed by atoms with E-state index in [1.165, 1.54) is 43.2 Å². The summed E-state index contributed by atoms with van der Waals surface area (Å²) in [4.78, 5) is 0. The molecule has 4 rings (SSSR count). The van der Waals surface area contributed by atoms with Gasteiger partial charge in [0.1, 0.15) is 0 Å². The van der Waals surface area contributed by atoms with Gasteiger partial charge in [-0.1, -0.05) is 0 Å². The first-order valence-electron chi connectivity index (χ1n) is 10.9. The van der Waals surface area contributed by atoms with Crippen LogP contribution in [0.1, 0.15) is 57.1 Å². The van der Waals surface area contributed by atoms with E-state index in [9.17, 15) is 0 Å². The van der Waals surface area contributed by atoms with E-state index in [2.05, 4.69) is 113 Å². The normalized spacial score (nSPS) is 24.2. The van der Waals surface area contributed by atoms with Crippen LogP contribution in [0.25, 0.3) is 0 Å². The smallest absolute Gasteiger partial charge is 1.00 e. The van der Waals surface area contributed by atoms with Crippen molar-refractivity contribution in [1.29, 1.82) is 0 Å². The van der Waals surface area contributed by atoms with Crippen molar-refractivity contribution in [3.05, 3.63) is 95.6 Å². The molecule has 4 heteroatoms. The van der Waals surface area contributed by atoms with Crippen molar-refractivity contribution in [3.63, 3.8) is 0 Å². The fraction of sp³-hybridized carbons (Fsp3) is 0.407. The molecule has 0 radical (unpaired) electrons. The Morgan fingerprint density at radius 3 is 2.00 bits per heavy atom. The maximum Gasteiger partial charge on any atom is -1.00 e. The second-order valence-corrected chi connectivity index (χ2v) is 9.90. The molecule has 0 amide bonds. The number of allylic oxidation sites excluding steroid dienone is 4. The summed E-state index contributed by atoms with van der Waals surface area (Å²) in [6.45, 7) is 4.83. The molecule has 0 bridgehead atoms. The van der Waals surface area contributed by atoms with Gasteiger partial charge in [0.25, 0.3) is 0 Å². The van der Waals surface area contributed by atoms with E-state index >= 15 is 0 Å². The van der Waals surface area contributed by atoms with E-state index in [1.807, 2.05) is 0 Å². The molecule has 164 valence electrons. The van der Waals surface area contributed by atoms with Gasteiger partial charge in [0.05, 0.1) is 0 Å². The summed E-state index contributed by atoms with van der Waals surface area (Å²) in [5, 5.41) is 0. The molecule has 31 heavy (non-hydrogen) atoms. The standard InChI is InChI=1S/C27H31.3ClH.Ti/c1-3-4-19-27(23-14-7-5-8-15-23,24-16-9-6-10-17-24)26-21(2)20-22-13-11-12-18-25(22)26;;;;/h5-12,14-18,21-22H,3-4,13,19-20H2,1-2H3;3*1H;/q;;;;+3/p-3. The summed E-state index contributed by atoms with van der Waals surface area (Å²) < 4.78 is 0.125. The summed E-state index contributed by atoms with van der Waals surface area (Å²) in [6, 6.07) is 22.8. The SMILES string of the molecule is CCCCC(c1ccccc1)(c1ccccc1)[C]1([Ti+3])C2=CC=CCC2CC1C.[Cl-].[Cl-].[Cl-]. The molecule has 1 saturated carbocycles. The molecule has 0 N–H and O–H groups in total. The van der Waals surface area contributed by atoms with Crippen molar-refractivity contribution in [2.45, 2.75) is 55.1 Å². The predicted octanol–water partition coefficient (Wildman–Crippen LogP) is -1.58. The third kappa shape index (κ3) is 4.76. The number of halogens is 3. The Bertz CT molecular complexity index is 823. The van der Waals surface area contributed by atoms with Gasteiger partial charge in [-0.05, 0) is 0 Å². The zero-order valence-electron chi connectivity index (χ0n) is 18.3. The van der Waals surface area contributed by atoms with E-state index in [-0.39, 0.29) is 46.4 Å². The molecule has 0 spiro atoms. The van der Waals surface area contributed by atoms with Crippen molar-refractivity contribution in [3.8, 4) is 0 Å². The van der Waals surface area contributed by atoms with E-state index in [0.717, 1.165) is 0 Å². The van der Waals surface area contributed by atoms with Gasteiger partial charge in [-0.3, -0.25) is 0 Å². The summed E-state index contributed by atoms with van der Waals surface area (Å²) in [7, 11) is 0. The van der Waals surface area contributed by atoms with Crippen molar-refractivity contribution in [2.24, 2.45) is 11.8 Å². The molecule has 2 aliphatic rings. The van der Waals surface area contributed by atoms with Crippen LogP contribution in [0.15, 0.2) is 84.5 Å². The van der Waals surface area contributed by atoms with Crippen LogP contribution in [0.5, 0.6) is 0 Å². The molecule has 0 aromatic heterocycles. The van der Waals surface area contributed by atoms with Gasteiger partial charge in [0.15, 0.2) is 0 Å². The number of unbranched alkanes of at least 4 members (excludes halogenated alkanes) is 1. The van der Waals surface area contributed by atoms with Gasteiger partial charge in [0, 0.05) is 0 Å². The summed E-state index contributed by atoms with van der Waals surface area (Å²) >= 11 is 2.58. The van der Waals surface area contributed by atoms with Gasteiger partial charge >= 0.3 is 183 Å².